The molecule has 0 spiro atoms. The van der Waals surface area contributed by atoms with Gasteiger partial charge in [-0.1, -0.05) is 60.7 Å². The molecule has 0 aliphatic heterocycles. The van der Waals surface area contributed by atoms with Gasteiger partial charge in [-0.25, -0.2) is 0 Å². The molecule has 0 atom stereocenters. The maximum absolute atomic E-state index is 12.2. The van der Waals surface area contributed by atoms with E-state index in [4.69, 9.17) is 0 Å². The topological polar surface area (TPSA) is 58.1 Å². The van der Waals surface area contributed by atoms with Gasteiger partial charge < -0.3 is 10.2 Å². The Hall–Kier alpha value is -3.21. The first-order chi connectivity index (χ1) is 12.7. The number of rotatable bonds is 7. The molecule has 5 nitrogen and oxygen atoms in total. The zero-order valence-electron chi connectivity index (χ0n) is 14.8. The number of carbonyl (C=O) groups excluding carboxylic acids is 1. The largest absolute Gasteiger partial charge is 0.354 e. The van der Waals surface area contributed by atoms with Gasteiger partial charge in [-0.3, -0.25) is 4.79 Å². The molecule has 0 aliphatic rings. The molecule has 3 rings (SSSR count). The molecular formula is C21H22N4O. The highest BCUT2D eigenvalue weighted by molar-refractivity contribution is 5.92. The molecule has 0 radical (unpaired) electrons. The molecule has 0 saturated heterocycles. The summed E-state index contributed by atoms with van der Waals surface area (Å²) in [4.78, 5) is 14.2. The Morgan fingerprint density at radius 1 is 0.885 bits per heavy atom. The predicted octanol–water partition coefficient (Wildman–Crippen LogP) is 3.09. The van der Waals surface area contributed by atoms with Crippen LogP contribution in [-0.4, -0.2) is 29.7 Å². The Labute approximate surface area is 153 Å². The molecule has 5 heteroatoms. The molecule has 1 N–H and O–H groups in total. The summed E-state index contributed by atoms with van der Waals surface area (Å²) in [6.07, 6.45) is 0.790. The molecule has 132 valence electrons. The second kappa shape index (κ2) is 8.76. The van der Waals surface area contributed by atoms with Crippen molar-refractivity contribution in [3.63, 3.8) is 0 Å². The lowest BCUT2D eigenvalue weighted by molar-refractivity contribution is 0.0948. The average molecular weight is 346 g/mol. The summed E-state index contributed by atoms with van der Waals surface area (Å²) < 4.78 is 0. The van der Waals surface area contributed by atoms with Crippen molar-refractivity contribution in [2.24, 2.45) is 0 Å². The van der Waals surface area contributed by atoms with Crippen LogP contribution < -0.4 is 10.2 Å². The normalized spacial score (nSPS) is 10.3. The van der Waals surface area contributed by atoms with Gasteiger partial charge in [0.25, 0.3) is 5.91 Å². The van der Waals surface area contributed by atoms with E-state index in [0.717, 1.165) is 18.8 Å². The van der Waals surface area contributed by atoms with Gasteiger partial charge >= 0.3 is 0 Å². The van der Waals surface area contributed by atoms with Crippen molar-refractivity contribution in [2.75, 3.05) is 18.5 Å². The van der Waals surface area contributed by atoms with E-state index in [9.17, 15) is 4.79 Å². The van der Waals surface area contributed by atoms with Crippen molar-refractivity contribution < 1.29 is 4.79 Å². The Morgan fingerprint density at radius 3 is 2.15 bits per heavy atom. The third kappa shape index (κ3) is 4.89. The van der Waals surface area contributed by atoms with Crippen LogP contribution in [0.4, 0.5) is 5.82 Å². The van der Waals surface area contributed by atoms with Crippen LogP contribution in [-0.2, 0) is 13.0 Å². The Morgan fingerprint density at radius 2 is 1.54 bits per heavy atom. The van der Waals surface area contributed by atoms with Crippen molar-refractivity contribution in [1.29, 1.82) is 0 Å². The minimum Gasteiger partial charge on any atom is -0.354 e. The van der Waals surface area contributed by atoms with Crippen LogP contribution >= 0.6 is 0 Å². The summed E-state index contributed by atoms with van der Waals surface area (Å²) in [5.41, 5.74) is 2.71. The molecule has 1 heterocycles. The summed E-state index contributed by atoms with van der Waals surface area (Å²) in [5.74, 6) is 0.528. The highest BCUT2D eigenvalue weighted by atomic mass is 16.1. The molecule has 0 aliphatic carbocycles. The zero-order valence-corrected chi connectivity index (χ0v) is 14.8. The van der Waals surface area contributed by atoms with E-state index in [0.29, 0.717) is 12.2 Å². The van der Waals surface area contributed by atoms with E-state index in [1.165, 1.54) is 11.1 Å². The van der Waals surface area contributed by atoms with Gasteiger partial charge in [0.15, 0.2) is 11.5 Å². The Balaban J connectivity index is 1.52. The molecule has 26 heavy (non-hydrogen) atoms. The number of benzene rings is 2. The van der Waals surface area contributed by atoms with E-state index in [1.54, 1.807) is 6.07 Å². The highest BCUT2D eigenvalue weighted by Crippen LogP contribution is 2.11. The number of carbonyl (C=O) groups is 1. The number of hydrogen-bond acceptors (Lipinski definition) is 4. The van der Waals surface area contributed by atoms with Gasteiger partial charge in [-0.2, -0.15) is 0 Å². The lowest BCUT2D eigenvalue weighted by Crippen LogP contribution is -2.27. The molecular weight excluding hydrogens is 324 g/mol. The van der Waals surface area contributed by atoms with Crippen LogP contribution in [0.15, 0.2) is 72.8 Å². The van der Waals surface area contributed by atoms with Crippen LogP contribution in [0.25, 0.3) is 0 Å². The molecule has 0 saturated carbocycles. The molecule has 0 fully saturated rings. The number of nitrogens with zero attached hydrogens (tertiary/aromatic N) is 3. The first-order valence-electron chi connectivity index (χ1n) is 8.63. The minimum atomic E-state index is -0.203. The maximum atomic E-state index is 12.2. The van der Waals surface area contributed by atoms with Gasteiger partial charge in [0, 0.05) is 20.1 Å². The van der Waals surface area contributed by atoms with E-state index < -0.39 is 0 Å². The fourth-order valence-corrected chi connectivity index (χ4v) is 2.64. The fourth-order valence-electron chi connectivity index (χ4n) is 2.64. The minimum absolute atomic E-state index is 0.203. The second-order valence-corrected chi connectivity index (χ2v) is 6.11. The molecule has 0 bridgehead atoms. The van der Waals surface area contributed by atoms with Crippen molar-refractivity contribution in [2.45, 2.75) is 13.0 Å². The maximum Gasteiger partial charge on any atom is 0.271 e. The predicted molar refractivity (Wildman–Crippen MR) is 103 cm³/mol. The highest BCUT2D eigenvalue weighted by Gasteiger charge is 2.10. The summed E-state index contributed by atoms with van der Waals surface area (Å²) in [6.45, 7) is 1.30. The summed E-state index contributed by atoms with van der Waals surface area (Å²) in [6, 6.07) is 23.7. The molecule has 3 aromatic rings. The van der Waals surface area contributed by atoms with E-state index in [-0.39, 0.29) is 5.91 Å². The molecule has 0 unspecified atom stereocenters. The van der Waals surface area contributed by atoms with Gasteiger partial charge in [-0.15, -0.1) is 10.2 Å². The number of amides is 1. The summed E-state index contributed by atoms with van der Waals surface area (Å²) >= 11 is 0. The number of nitrogens with one attached hydrogen (secondary N) is 1. The first kappa shape index (κ1) is 17.6. The Kier molecular flexibility index (Phi) is 5.93. The van der Waals surface area contributed by atoms with E-state index in [2.05, 4.69) is 27.6 Å². The average Bonchev–Trinajstić information content (AvgIpc) is 2.69. The van der Waals surface area contributed by atoms with Crippen LogP contribution in [0.3, 0.4) is 0 Å². The smallest absolute Gasteiger partial charge is 0.271 e. The lowest BCUT2D eigenvalue weighted by atomic mass is 10.1. The first-order valence-corrected chi connectivity index (χ1v) is 8.63. The van der Waals surface area contributed by atoms with Crippen LogP contribution in [0.1, 0.15) is 21.6 Å². The Bertz CT molecular complexity index is 820. The van der Waals surface area contributed by atoms with Crippen LogP contribution in [0.5, 0.6) is 0 Å². The second-order valence-electron chi connectivity index (χ2n) is 6.11. The lowest BCUT2D eigenvalue weighted by Gasteiger charge is -2.17. The number of aromatic nitrogens is 2. The molecule has 1 amide bonds. The van der Waals surface area contributed by atoms with E-state index >= 15 is 0 Å². The zero-order chi connectivity index (χ0) is 18.2. The van der Waals surface area contributed by atoms with Gasteiger partial charge in [0.1, 0.15) is 0 Å². The van der Waals surface area contributed by atoms with Crippen molar-refractivity contribution in [3.05, 3.63) is 89.6 Å². The van der Waals surface area contributed by atoms with Crippen molar-refractivity contribution in [3.8, 4) is 0 Å². The number of anilines is 1. The summed E-state index contributed by atoms with van der Waals surface area (Å²) in [7, 11) is 1.95. The van der Waals surface area contributed by atoms with Gasteiger partial charge in [0.2, 0.25) is 0 Å². The standard InChI is InChI=1S/C21H22N4O/c1-25(16-18-10-6-3-7-11-18)20-13-12-19(23-24-20)21(26)22-15-14-17-8-4-2-5-9-17/h2-13H,14-16H2,1H3,(H,22,26). The molecule has 2 aromatic carbocycles. The fraction of sp³-hybridized carbons (Fsp3) is 0.190. The SMILES string of the molecule is CN(Cc1ccccc1)c1ccc(C(=O)NCCc2ccccc2)nn1. The van der Waals surface area contributed by atoms with Gasteiger partial charge in [0.05, 0.1) is 0 Å². The third-order valence-corrected chi connectivity index (χ3v) is 4.08. The summed E-state index contributed by atoms with van der Waals surface area (Å²) in [5, 5.41) is 11.1. The number of hydrogen-bond donors (Lipinski definition) is 1. The van der Waals surface area contributed by atoms with Crippen LogP contribution in [0, 0.1) is 0 Å². The molecule has 1 aromatic heterocycles. The van der Waals surface area contributed by atoms with Crippen molar-refractivity contribution >= 4 is 11.7 Å². The quantitative estimate of drug-likeness (QED) is 0.714. The van der Waals surface area contributed by atoms with E-state index in [1.807, 2.05) is 66.5 Å². The van der Waals surface area contributed by atoms with Crippen molar-refractivity contribution in [1.82, 2.24) is 15.5 Å². The monoisotopic (exact) mass is 346 g/mol. The van der Waals surface area contributed by atoms with Gasteiger partial charge in [-0.05, 0) is 29.7 Å². The third-order valence-electron chi connectivity index (χ3n) is 4.08. The van der Waals surface area contributed by atoms with Crippen LogP contribution in [0.2, 0.25) is 0 Å².